The summed E-state index contributed by atoms with van der Waals surface area (Å²) in [5, 5.41) is 2.48. The van der Waals surface area contributed by atoms with Crippen LogP contribution in [0, 0.1) is 0 Å². The van der Waals surface area contributed by atoms with Crippen LogP contribution in [0.15, 0.2) is 18.2 Å². The van der Waals surface area contributed by atoms with Gasteiger partial charge in [0.05, 0.1) is 13.7 Å². The number of alkyl carbamates (subject to hydrolysis) is 1. The van der Waals surface area contributed by atoms with Crippen LogP contribution >= 0.6 is 0 Å². The number of hydrogen-bond donors (Lipinski definition) is 1. The second kappa shape index (κ2) is 11.6. The molecule has 1 aliphatic heterocycles. The van der Waals surface area contributed by atoms with Crippen LogP contribution in [-0.4, -0.2) is 79.7 Å². The predicted molar refractivity (Wildman–Crippen MR) is 120 cm³/mol. The molecule has 1 saturated heterocycles. The highest BCUT2D eigenvalue weighted by molar-refractivity contribution is 5.83. The van der Waals surface area contributed by atoms with Crippen LogP contribution in [0.1, 0.15) is 39.7 Å². The van der Waals surface area contributed by atoms with E-state index in [1.165, 1.54) is 0 Å². The van der Waals surface area contributed by atoms with E-state index in [-0.39, 0.29) is 18.4 Å². The average Bonchev–Trinajstić information content (AvgIpc) is 2.75. The number of hydrogen-bond acceptors (Lipinski definition) is 6. The molecule has 178 valence electrons. The highest BCUT2D eigenvalue weighted by Crippen LogP contribution is 2.28. The van der Waals surface area contributed by atoms with Crippen LogP contribution in [0.4, 0.5) is 4.79 Å². The molecule has 9 nitrogen and oxygen atoms in total. The normalized spacial score (nSPS) is 14.0. The van der Waals surface area contributed by atoms with E-state index in [1.807, 2.05) is 25.1 Å². The average molecular weight is 450 g/mol. The van der Waals surface area contributed by atoms with Crippen molar-refractivity contribution in [1.29, 1.82) is 0 Å². The summed E-state index contributed by atoms with van der Waals surface area (Å²) in [7, 11) is 1.59. The second-order valence-electron chi connectivity index (χ2n) is 8.54. The Kier molecular flexibility index (Phi) is 9.16. The van der Waals surface area contributed by atoms with Crippen LogP contribution in [-0.2, 0) is 20.7 Å². The SMILES string of the molecule is CCOc1ccc(CCC(=O)N2CCN(C(=O)CNC(=O)OC(C)(C)C)CC2)cc1OC. The number of amides is 3. The summed E-state index contributed by atoms with van der Waals surface area (Å²) in [4.78, 5) is 40.1. The van der Waals surface area contributed by atoms with Gasteiger partial charge in [0.2, 0.25) is 11.8 Å². The van der Waals surface area contributed by atoms with Gasteiger partial charge in [-0.2, -0.15) is 0 Å². The molecule has 0 spiro atoms. The van der Waals surface area contributed by atoms with E-state index in [0.717, 1.165) is 5.56 Å². The fourth-order valence-corrected chi connectivity index (χ4v) is 3.33. The third-order valence-corrected chi connectivity index (χ3v) is 4.92. The number of nitrogens with one attached hydrogen (secondary N) is 1. The van der Waals surface area contributed by atoms with Gasteiger partial charge in [-0.1, -0.05) is 6.07 Å². The lowest BCUT2D eigenvalue weighted by atomic mass is 10.1. The minimum Gasteiger partial charge on any atom is -0.493 e. The summed E-state index contributed by atoms with van der Waals surface area (Å²) < 4.78 is 16.0. The van der Waals surface area contributed by atoms with Crippen molar-refractivity contribution in [3.05, 3.63) is 23.8 Å². The number of piperazine rings is 1. The largest absolute Gasteiger partial charge is 0.493 e. The maximum absolute atomic E-state index is 12.6. The quantitative estimate of drug-likeness (QED) is 0.654. The molecule has 3 amide bonds. The second-order valence-corrected chi connectivity index (χ2v) is 8.54. The third kappa shape index (κ3) is 7.94. The van der Waals surface area contributed by atoms with Crippen molar-refractivity contribution >= 4 is 17.9 Å². The number of nitrogens with zero attached hydrogens (tertiary/aromatic N) is 2. The van der Waals surface area contributed by atoms with E-state index < -0.39 is 11.7 Å². The molecule has 0 aliphatic carbocycles. The third-order valence-electron chi connectivity index (χ3n) is 4.92. The van der Waals surface area contributed by atoms with Crippen molar-refractivity contribution in [2.45, 2.75) is 46.1 Å². The fourth-order valence-electron chi connectivity index (χ4n) is 3.33. The van der Waals surface area contributed by atoms with Gasteiger partial charge >= 0.3 is 6.09 Å². The molecule has 1 N–H and O–H groups in total. The summed E-state index contributed by atoms with van der Waals surface area (Å²) in [6, 6.07) is 5.69. The van der Waals surface area contributed by atoms with Crippen LogP contribution in [0.5, 0.6) is 11.5 Å². The van der Waals surface area contributed by atoms with Gasteiger partial charge in [-0.05, 0) is 51.8 Å². The van der Waals surface area contributed by atoms with E-state index in [2.05, 4.69) is 5.32 Å². The molecule has 32 heavy (non-hydrogen) atoms. The zero-order valence-corrected chi connectivity index (χ0v) is 19.7. The van der Waals surface area contributed by atoms with Crippen molar-refractivity contribution in [3.8, 4) is 11.5 Å². The van der Waals surface area contributed by atoms with Gasteiger partial charge in [-0.15, -0.1) is 0 Å². The molecule has 0 aromatic heterocycles. The van der Waals surface area contributed by atoms with Gasteiger partial charge in [-0.3, -0.25) is 9.59 Å². The van der Waals surface area contributed by atoms with Gasteiger partial charge < -0.3 is 29.3 Å². The molecule has 1 fully saturated rings. The maximum atomic E-state index is 12.6. The number of aryl methyl sites for hydroxylation is 1. The van der Waals surface area contributed by atoms with Gasteiger partial charge in [-0.25, -0.2) is 4.79 Å². The lowest BCUT2D eigenvalue weighted by molar-refractivity contribution is -0.139. The minimum atomic E-state index is -0.620. The summed E-state index contributed by atoms with van der Waals surface area (Å²) >= 11 is 0. The topological polar surface area (TPSA) is 97.4 Å². The van der Waals surface area contributed by atoms with Gasteiger partial charge in [0, 0.05) is 32.6 Å². The molecule has 9 heteroatoms. The molecule has 0 radical (unpaired) electrons. The molecule has 2 rings (SSSR count). The van der Waals surface area contributed by atoms with Crippen LogP contribution in [0.2, 0.25) is 0 Å². The Balaban J connectivity index is 1.75. The number of ether oxygens (including phenoxy) is 3. The Morgan fingerprint density at radius 1 is 1.00 bits per heavy atom. The molecular formula is C23H35N3O6. The minimum absolute atomic E-state index is 0.0526. The van der Waals surface area contributed by atoms with E-state index in [4.69, 9.17) is 14.2 Å². The summed E-state index contributed by atoms with van der Waals surface area (Å²) in [6.07, 6.45) is 0.358. The van der Waals surface area contributed by atoms with E-state index in [0.29, 0.717) is 57.1 Å². The zero-order chi connectivity index (χ0) is 23.7. The first kappa shape index (κ1) is 25.3. The van der Waals surface area contributed by atoms with Crippen LogP contribution in [0.25, 0.3) is 0 Å². The number of rotatable bonds is 8. The summed E-state index contributed by atoms with van der Waals surface area (Å²) in [6.45, 7) is 9.46. The number of carbonyl (C=O) groups excluding carboxylic acids is 3. The Morgan fingerprint density at radius 2 is 1.62 bits per heavy atom. The molecule has 0 saturated carbocycles. The monoisotopic (exact) mass is 449 g/mol. The van der Waals surface area contributed by atoms with Gasteiger partial charge in [0.15, 0.2) is 11.5 Å². The first-order valence-electron chi connectivity index (χ1n) is 10.9. The lowest BCUT2D eigenvalue weighted by Crippen LogP contribution is -2.52. The van der Waals surface area contributed by atoms with E-state index in [9.17, 15) is 14.4 Å². The summed E-state index contributed by atoms with van der Waals surface area (Å²) in [5.41, 5.74) is 0.385. The summed E-state index contributed by atoms with van der Waals surface area (Å²) in [5.74, 6) is 1.21. The zero-order valence-electron chi connectivity index (χ0n) is 19.7. The molecule has 0 bridgehead atoms. The molecular weight excluding hydrogens is 414 g/mol. The highest BCUT2D eigenvalue weighted by Gasteiger charge is 2.25. The smallest absolute Gasteiger partial charge is 0.408 e. The molecule has 0 unspecified atom stereocenters. The lowest BCUT2D eigenvalue weighted by Gasteiger charge is -2.35. The van der Waals surface area contributed by atoms with Gasteiger partial charge in [0.25, 0.3) is 0 Å². The fraction of sp³-hybridized carbons (Fsp3) is 0.609. The maximum Gasteiger partial charge on any atom is 0.408 e. The van der Waals surface area contributed by atoms with Crippen molar-refractivity contribution in [3.63, 3.8) is 0 Å². The molecule has 1 heterocycles. The first-order chi connectivity index (χ1) is 15.1. The van der Waals surface area contributed by atoms with Crippen molar-refractivity contribution in [2.75, 3.05) is 46.4 Å². The first-order valence-corrected chi connectivity index (χ1v) is 10.9. The molecule has 1 aromatic rings. The molecule has 1 aliphatic rings. The standard InChI is InChI=1S/C23H35N3O6/c1-6-31-18-9-7-17(15-19(18)30-5)8-10-20(27)25-11-13-26(14-12-25)21(28)16-24-22(29)32-23(2,3)4/h7,9,15H,6,8,10-14,16H2,1-5H3,(H,24,29). The Morgan fingerprint density at radius 3 is 2.19 bits per heavy atom. The van der Waals surface area contributed by atoms with E-state index >= 15 is 0 Å². The highest BCUT2D eigenvalue weighted by atomic mass is 16.6. The van der Waals surface area contributed by atoms with Crippen molar-refractivity contribution in [2.24, 2.45) is 0 Å². The van der Waals surface area contributed by atoms with E-state index in [1.54, 1.807) is 37.7 Å². The Bertz CT molecular complexity index is 797. The molecule has 1 aromatic carbocycles. The number of methoxy groups -OCH3 is 1. The van der Waals surface area contributed by atoms with Crippen LogP contribution < -0.4 is 14.8 Å². The Hall–Kier alpha value is -2.97. The van der Waals surface area contributed by atoms with Gasteiger partial charge in [0.1, 0.15) is 12.1 Å². The van der Waals surface area contributed by atoms with Crippen LogP contribution in [0.3, 0.4) is 0 Å². The van der Waals surface area contributed by atoms with Crippen molar-refractivity contribution < 1.29 is 28.6 Å². The Labute approximate surface area is 190 Å². The number of carbonyl (C=O) groups is 3. The molecule has 0 atom stereocenters. The van der Waals surface area contributed by atoms with Crippen molar-refractivity contribution in [1.82, 2.24) is 15.1 Å². The number of benzene rings is 1. The predicted octanol–water partition coefficient (Wildman–Crippen LogP) is 2.22.